The Hall–Kier alpha value is -1.35. The van der Waals surface area contributed by atoms with Gasteiger partial charge in [0.25, 0.3) is 0 Å². The third-order valence-electron chi connectivity index (χ3n) is 4.27. The minimum Gasteiger partial charge on any atom is -0.490 e. The van der Waals surface area contributed by atoms with Crippen molar-refractivity contribution in [1.29, 1.82) is 0 Å². The van der Waals surface area contributed by atoms with Gasteiger partial charge in [0, 0.05) is 13.0 Å². The summed E-state index contributed by atoms with van der Waals surface area (Å²) in [5.74, 6) is 1.01. The Labute approximate surface area is 121 Å². The molecule has 0 bridgehead atoms. The Bertz CT molecular complexity index is 465. The minimum atomic E-state index is 0.0940. The third kappa shape index (κ3) is 3.21. The first-order chi connectivity index (χ1) is 9.56. The lowest BCUT2D eigenvalue weighted by molar-refractivity contribution is 0.0832. The van der Waals surface area contributed by atoms with E-state index < -0.39 is 0 Å². The van der Waals surface area contributed by atoms with Gasteiger partial charge < -0.3 is 9.47 Å². The molecule has 1 saturated carbocycles. The normalized spacial score (nSPS) is 20.9. The quantitative estimate of drug-likeness (QED) is 0.587. The predicted molar refractivity (Wildman–Crippen MR) is 79.3 cm³/mol. The van der Waals surface area contributed by atoms with Gasteiger partial charge in [0.05, 0.1) is 12.2 Å². The van der Waals surface area contributed by atoms with E-state index in [1.807, 2.05) is 24.3 Å². The molecule has 1 fully saturated rings. The van der Waals surface area contributed by atoms with Crippen molar-refractivity contribution < 1.29 is 14.3 Å². The summed E-state index contributed by atoms with van der Waals surface area (Å²) in [6.07, 6.45) is 3.24. The molecule has 3 heteroatoms. The molecule has 2 rings (SSSR count). The molecule has 1 aromatic rings. The van der Waals surface area contributed by atoms with E-state index in [-0.39, 0.29) is 17.1 Å². The Kier molecular flexibility index (Phi) is 4.81. The van der Waals surface area contributed by atoms with Crippen LogP contribution in [-0.4, -0.2) is 26.1 Å². The summed E-state index contributed by atoms with van der Waals surface area (Å²) in [5.41, 5.74) is 0.806. The van der Waals surface area contributed by atoms with Gasteiger partial charge in [-0.2, -0.15) is 0 Å². The van der Waals surface area contributed by atoms with Crippen molar-refractivity contribution in [2.75, 3.05) is 20.3 Å². The van der Waals surface area contributed by atoms with Crippen LogP contribution in [0, 0.1) is 11.3 Å². The number of ketones is 1. The van der Waals surface area contributed by atoms with E-state index in [1.165, 1.54) is 0 Å². The number of benzene rings is 1. The summed E-state index contributed by atoms with van der Waals surface area (Å²) in [7, 11) is 1.64. The molecule has 1 aliphatic carbocycles. The summed E-state index contributed by atoms with van der Waals surface area (Å²) in [4.78, 5) is 12.8. The van der Waals surface area contributed by atoms with Crippen molar-refractivity contribution in [2.24, 2.45) is 11.3 Å². The van der Waals surface area contributed by atoms with Crippen molar-refractivity contribution in [3.63, 3.8) is 0 Å². The Morgan fingerprint density at radius 3 is 2.70 bits per heavy atom. The van der Waals surface area contributed by atoms with E-state index in [0.717, 1.165) is 19.3 Å². The maximum atomic E-state index is 12.8. The molecule has 1 atom stereocenters. The maximum absolute atomic E-state index is 12.8. The second-order valence-corrected chi connectivity index (χ2v) is 6.14. The van der Waals surface area contributed by atoms with E-state index in [9.17, 15) is 4.79 Å². The molecule has 0 amide bonds. The summed E-state index contributed by atoms with van der Waals surface area (Å²) in [6.45, 7) is 5.38. The highest BCUT2D eigenvalue weighted by Crippen LogP contribution is 2.44. The van der Waals surface area contributed by atoms with Gasteiger partial charge in [0.1, 0.15) is 12.4 Å². The number of rotatable bonds is 6. The average molecular weight is 276 g/mol. The molecule has 3 nitrogen and oxygen atoms in total. The first kappa shape index (κ1) is 15.0. The fourth-order valence-corrected chi connectivity index (χ4v) is 3.03. The molecule has 1 aliphatic rings. The number of para-hydroxylation sites is 1. The predicted octanol–water partition coefficient (Wildman–Crippen LogP) is 3.72. The number of hydrogen-bond donors (Lipinski definition) is 0. The third-order valence-corrected chi connectivity index (χ3v) is 4.27. The first-order valence-electron chi connectivity index (χ1n) is 7.31. The van der Waals surface area contributed by atoms with E-state index in [4.69, 9.17) is 9.47 Å². The average Bonchev–Trinajstić information content (AvgIpc) is 2.78. The zero-order chi connectivity index (χ0) is 14.6. The highest BCUT2D eigenvalue weighted by Gasteiger charge is 2.40. The van der Waals surface area contributed by atoms with Crippen LogP contribution in [0.4, 0.5) is 0 Å². The molecule has 0 radical (unpaired) electrons. The largest absolute Gasteiger partial charge is 0.490 e. The van der Waals surface area contributed by atoms with Crippen LogP contribution >= 0.6 is 0 Å². The lowest BCUT2D eigenvalue weighted by Gasteiger charge is -2.26. The highest BCUT2D eigenvalue weighted by molar-refractivity contribution is 6.00. The van der Waals surface area contributed by atoms with Crippen molar-refractivity contribution in [3.8, 4) is 5.75 Å². The molecule has 20 heavy (non-hydrogen) atoms. The van der Waals surface area contributed by atoms with Crippen molar-refractivity contribution >= 4 is 5.78 Å². The summed E-state index contributed by atoms with van der Waals surface area (Å²) < 4.78 is 10.7. The molecule has 110 valence electrons. The molecule has 0 N–H and O–H groups in total. The smallest absolute Gasteiger partial charge is 0.170 e. The molecular formula is C17H24O3. The molecule has 1 aromatic carbocycles. The number of carbonyl (C=O) groups is 1. The molecule has 1 unspecified atom stereocenters. The number of hydrogen-bond acceptors (Lipinski definition) is 3. The van der Waals surface area contributed by atoms with Crippen molar-refractivity contribution in [3.05, 3.63) is 29.8 Å². The zero-order valence-electron chi connectivity index (χ0n) is 12.6. The fourth-order valence-electron chi connectivity index (χ4n) is 3.03. The Morgan fingerprint density at radius 2 is 2.05 bits per heavy atom. The van der Waals surface area contributed by atoms with Gasteiger partial charge >= 0.3 is 0 Å². The monoisotopic (exact) mass is 276 g/mol. The van der Waals surface area contributed by atoms with E-state index in [1.54, 1.807) is 7.11 Å². The van der Waals surface area contributed by atoms with Crippen LogP contribution in [0.25, 0.3) is 0 Å². The van der Waals surface area contributed by atoms with Crippen LogP contribution in [0.15, 0.2) is 24.3 Å². The Balaban J connectivity index is 2.17. The van der Waals surface area contributed by atoms with Gasteiger partial charge in [-0.3, -0.25) is 4.79 Å². The number of carbonyl (C=O) groups excluding carboxylic acids is 1. The first-order valence-corrected chi connectivity index (χ1v) is 7.31. The summed E-state index contributed by atoms with van der Waals surface area (Å²) in [5, 5.41) is 0. The molecule has 0 aromatic heterocycles. The van der Waals surface area contributed by atoms with Crippen LogP contribution in [0.2, 0.25) is 0 Å². The lowest BCUT2D eigenvalue weighted by atomic mass is 9.77. The number of methoxy groups -OCH3 is 1. The van der Waals surface area contributed by atoms with Gasteiger partial charge in [-0.05, 0) is 30.4 Å². The SMILES string of the molecule is COCCOc1ccccc1C(=O)C1CCCC1(C)C. The number of ether oxygens (including phenoxy) is 2. The summed E-state index contributed by atoms with van der Waals surface area (Å²) in [6, 6.07) is 7.54. The summed E-state index contributed by atoms with van der Waals surface area (Å²) >= 11 is 0. The molecule has 0 heterocycles. The molecular weight excluding hydrogens is 252 g/mol. The van der Waals surface area contributed by atoms with Gasteiger partial charge in [-0.1, -0.05) is 32.4 Å². The van der Waals surface area contributed by atoms with Crippen molar-refractivity contribution in [2.45, 2.75) is 33.1 Å². The highest BCUT2D eigenvalue weighted by atomic mass is 16.5. The number of Topliss-reactive ketones (excluding diaryl/α,β-unsaturated/α-hetero) is 1. The zero-order valence-corrected chi connectivity index (χ0v) is 12.6. The second kappa shape index (κ2) is 6.40. The molecule has 0 spiro atoms. The van der Waals surface area contributed by atoms with Gasteiger partial charge in [0.2, 0.25) is 0 Å². The van der Waals surface area contributed by atoms with E-state index in [2.05, 4.69) is 13.8 Å². The maximum Gasteiger partial charge on any atom is 0.170 e. The van der Waals surface area contributed by atoms with E-state index in [0.29, 0.717) is 24.5 Å². The van der Waals surface area contributed by atoms with Crippen LogP contribution in [0.5, 0.6) is 5.75 Å². The molecule has 0 saturated heterocycles. The lowest BCUT2D eigenvalue weighted by Crippen LogP contribution is -2.26. The van der Waals surface area contributed by atoms with Gasteiger partial charge in [-0.25, -0.2) is 0 Å². The van der Waals surface area contributed by atoms with E-state index >= 15 is 0 Å². The van der Waals surface area contributed by atoms with Crippen LogP contribution in [0.1, 0.15) is 43.5 Å². The standard InChI is InChI=1S/C17H24O3/c1-17(2)10-6-8-14(17)16(18)13-7-4-5-9-15(13)20-12-11-19-3/h4-5,7,9,14H,6,8,10-12H2,1-3H3. The Morgan fingerprint density at radius 1 is 1.30 bits per heavy atom. The van der Waals surface area contributed by atoms with Crippen LogP contribution < -0.4 is 4.74 Å². The van der Waals surface area contributed by atoms with Gasteiger partial charge in [0.15, 0.2) is 5.78 Å². The molecule has 0 aliphatic heterocycles. The van der Waals surface area contributed by atoms with Crippen molar-refractivity contribution in [1.82, 2.24) is 0 Å². The second-order valence-electron chi connectivity index (χ2n) is 6.14. The van der Waals surface area contributed by atoms with Crippen LogP contribution in [0.3, 0.4) is 0 Å². The van der Waals surface area contributed by atoms with Gasteiger partial charge in [-0.15, -0.1) is 0 Å². The topological polar surface area (TPSA) is 35.5 Å². The fraction of sp³-hybridized carbons (Fsp3) is 0.588. The minimum absolute atomic E-state index is 0.0940. The van der Waals surface area contributed by atoms with Crippen LogP contribution in [-0.2, 0) is 4.74 Å².